The number of nitrogens with zero attached hydrogens (tertiary/aromatic N) is 2. The molecule has 1 amide bonds. The molecule has 0 atom stereocenters. The Kier molecular flexibility index (Phi) is 6.07. The first-order chi connectivity index (χ1) is 11.7. The quantitative estimate of drug-likeness (QED) is 0.795. The Morgan fingerprint density at radius 1 is 1.12 bits per heavy atom. The molecule has 1 aliphatic rings. The van der Waals surface area contributed by atoms with Crippen LogP contribution in [0.5, 0.6) is 0 Å². The number of rotatable bonds is 6. The highest BCUT2D eigenvalue weighted by Crippen LogP contribution is 2.10. The van der Waals surface area contributed by atoms with Gasteiger partial charge in [0.25, 0.3) is 5.91 Å². The second-order valence-corrected chi connectivity index (χ2v) is 7.01. The summed E-state index contributed by atoms with van der Waals surface area (Å²) in [6.45, 7) is 6.85. The number of halogens is 1. The topological polar surface area (TPSA) is 51.4 Å². The zero-order valence-electron chi connectivity index (χ0n) is 13.7. The van der Waals surface area contributed by atoms with Gasteiger partial charge >= 0.3 is 0 Å². The fourth-order valence-electron chi connectivity index (χ4n) is 2.93. The van der Waals surface area contributed by atoms with Crippen molar-refractivity contribution in [2.75, 3.05) is 39.3 Å². The van der Waals surface area contributed by atoms with E-state index < -0.39 is 0 Å². The van der Waals surface area contributed by atoms with Crippen molar-refractivity contribution in [3.63, 3.8) is 0 Å². The Morgan fingerprint density at radius 3 is 2.50 bits per heavy atom. The fourth-order valence-corrected chi connectivity index (χ4v) is 3.28. The molecule has 2 heterocycles. The lowest BCUT2D eigenvalue weighted by molar-refractivity contribution is 0.0930. The van der Waals surface area contributed by atoms with E-state index in [4.69, 9.17) is 0 Å². The van der Waals surface area contributed by atoms with Gasteiger partial charge in [0.15, 0.2) is 0 Å². The Bertz CT molecular complexity index is 650. The minimum atomic E-state index is -0.0524. The van der Waals surface area contributed by atoms with Crippen LogP contribution in [0.25, 0.3) is 0 Å². The highest BCUT2D eigenvalue weighted by atomic mass is 79.9. The molecule has 6 heteroatoms. The molecule has 0 spiro atoms. The highest BCUT2D eigenvalue weighted by Gasteiger charge is 2.17. The number of aromatic nitrogens is 1. The molecule has 0 unspecified atom stereocenters. The second-order valence-electron chi connectivity index (χ2n) is 6.09. The van der Waals surface area contributed by atoms with E-state index in [9.17, 15) is 4.79 Å². The number of benzene rings is 1. The molecule has 5 nitrogen and oxygen atoms in total. The van der Waals surface area contributed by atoms with Crippen LogP contribution >= 0.6 is 15.9 Å². The highest BCUT2D eigenvalue weighted by molar-refractivity contribution is 9.10. The number of aromatic amines is 1. The first kappa shape index (κ1) is 17.2. The van der Waals surface area contributed by atoms with Crippen LogP contribution in [-0.2, 0) is 6.54 Å². The molecule has 2 aromatic rings. The zero-order valence-corrected chi connectivity index (χ0v) is 15.3. The summed E-state index contributed by atoms with van der Waals surface area (Å²) < 4.78 is 0.891. The molecule has 1 aliphatic heterocycles. The monoisotopic (exact) mass is 390 g/mol. The van der Waals surface area contributed by atoms with Crippen molar-refractivity contribution < 1.29 is 4.79 Å². The third-order valence-electron chi connectivity index (χ3n) is 4.32. The lowest BCUT2D eigenvalue weighted by Crippen LogP contribution is -2.48. The molecule has 24 heavy (non-hydrogen) atoms. The van der Waals surface area contributed by atoms with Crippen LogP contribution in [0, 0.1) is 0 Å². The SMILES string of the molecule is O=C(NCCN1CCN(Cc2ccccc2)CC1)c1cc(Br)c[nH]1. The van der Waals surface area contributed by atoms with Crippen molar-refractivity contribution in [1.29, 1.82) is 0 Å². The lowest BCUT2D eigenvalue weighted by atomic mass is 10.2. The van der Waals surface area contributed by atoms with Gasteiger partial charge in [-0.3, -0.25) is 14.6 Å². The minimum Gasteiger partial charge on any atom is -0.356 e. The van der Waals surface area contributed by atoms with Crippen molar-refractivity contribution in [2.45, 2.75) is 6.54 Å². The van der Waals surface area contributed by atoms with E-state index in [0.717, 1.165) is 43.7 Å². The number of hydrogen-bond acceptors (Lipinski definition) is 3. The molecule has 0 radical (unpaired) electrons. The number of nitrogens with one attached hydrogen (secondary N) is 2. The van der Waals surface area contributed by atoms with Gasteiger partial charge in [0.2, 0.25) is 0 Å². The van der Waals surface area contributed by atoms with Crippen molar-refractivity contribution in [1.82, 2.24) is 20.1 Å². The number of carbonyl (C=O) groups excluding carboxylic acids is 1. The molecule has 1 aromatic heterocycles. The van der Waals surface area contributed by atoms with E-state index in [1.807, 2.05) is 0 Å². The molecule has 1 fully saturated rings. The van der Waals surface area contributed by atoms with Crippen LogP contribution in [0.2, 0.25) is 0 Å². The molecular weight excluding hydrogens is 368 g/mol. The summed E-state index contributed by atoms with van der Waals surface area (Å²) in [4.78, 5) is 19.8. The molecule has 3 rings (SSSR count). The van der Waals surface area contributed by atoms with Crippen LogP contribution in [0.3, 0.4) is 0 Å². The summed E-state index contributed by atoms with van der Waals surface area (Å²) in [6, 6.07) is 12.4. The fraction of sp³-hybridized carbons (Fsp3) is 0.389. The maximum Gasteiger partial charge on any atom is 0.267 e. The van der Waals surface area contributed by atoms with E-state index in [-0.39, 0.29) is 5.91 Å². The summed E-state index contributed by atoms with van der Waals surface area (Å²) >= 11 is 3.34. The van der Waals surface area contributed by atoms with Crippen molar-refractivity contribution in [2.24, 2.45) is 0 Å². The Balaban J connectivity index is 1.34. The smallest absolute Gasteiger partial charge is 0.267 e. The average Bonchev–Trinajstić information content (AvgIpc) is 3.04. The first-order valence-corrected chi connectivity index (χ1v) is 9.11. The van der Waals surface area contributed by atoms with E-state index in [1.165, 1.54) is 5.56 Å². The number of hydrogen-bond donors (Lipinski definition) is 2. The molecule has 0 saturated carbocycles. The van der Waals surface area contributed by atoms with E-state index >= 15 is 0 Å². The summed E-state index contributed by atoms with van der Waals surface area (Å²) in [6.07, 6.45) is 1.76. The van der Waals surface area contributed by atoms with Crippen molar-refractivity contribution in [3.05, 3.63) is 58.3 Å². The van der Waals surface area contributed by atoms with Gasteiger partial charge in [-0.2, -0.15) is 0 Å². The number of piperazine rings is 1. The van der Waals surface area contributed by atoms with Gasteiger partial charge in [-0.1, -0.05) is 30.3 Å². The predicted molar refractivity (Wildman–Crippen MR) is 99.0 cm³/mol. The van der Waals surface area contributed by atoms with E-state index in [2.05, 4.69) is 66.4 Å². The Morgan fingerprint density at radius 2 is 1.83 bits per heavy atom. The minimum absolute atomic E-state index is 0.0524. The molecule has 1 aromatic carbocycles. The molecule has 2 N–H and O–H groups in total. The van der Waals surface area contributed by atoms with Gasteiger partial charge in [-0.05, 0) is 27.6 Å². The molecule has 128 valence electrons. The lowest BCUT2D eigenvalue weighted by Gasteiger charge is -2.34. The summed E-state index contributed by atoms with van der Waals surface area (Å²) in [7, 11) is 0. The van der Waals surface area contributed by atoms with Crippen molar-refractivity contribution >= 4 is 21.8 Å². The average molecular weight is 391 g/mol. The number of H-pyrrole nitrogens is 1. The second kappa shape index (κ2) is 8.46. The van der Waals surface area contributed by atoms with Crippen LogP contribution in [0.4, 0.5) is 0 Å². The normalized spacial score (nSPS) is 16.2. The summed E-state index contributed by atoms with van der Waals surface area (Å²) in [5.74, 6) is -0.0524. The van der Waals surface area contributed by atoms with Crippen LogP contribution in [0.15, 0.2) is 47.1 Å². The van der Waals surface area contributed by atoms with E-state index in [0.29, 0.717) is 12.2 Å². The molecule has 1 saturated heterocycles. The summed E-state index contributed by atoms with van der Waals surface area (Å²) in [5.41, 5.74) is 1.96. The van der Waals surface area contributed by atoms with E-state index in [1.54, 1.807) is 12.3 Å². The molecular formula is C18H23BrN4O. The largest absolute Gasteiger partial charge is 0.356 e. The van der Waals surface area contributed by atoms with Crippen LogP contribution in [-0.4, -0.2) is 60.0 Å². The maximum absolute atomic E-state index is 12.0. The van der Waals surface area contributed by atoms with Gasteiger partial charge in [0, 0.05) is 56.5 Å². The molecule has 0 aliphatic carbocycles. The third kappa shape index (κ3) is 4.93. The van der Waals surface area contributed by atoms with Crippen molar-refractivity contribution in [3.8, 4) is 0 Å². The van der Waals surface area contributed by atoms with Crippen LogP contribution in [0.1, 0.15) is 16.1 Å². The summed E-state index contributed by atoms with van der Waals surface area (Å²) in [5, 5.41) is 2.96. The van der Waals surface area contributed by atoms with Crippen LogP contribution < -0.4 is 5.32 Å². The van der Waals surface area contributed by atoms with Gasteiger partial charge in [-0.25, -0.2) is 0 Å². The predicted octanol–water partition coefficient (Wildman–Crippen LogP) is 2.32. The Labute approximate surface area is 151 Å². The molecule has 0 bridgehead atoms. The zero-order chi connectivity index (χ0) is 16.8. The van der Waals surface area contributed by atoms with Gasteiger partial charge in [-0.15, -0.1) is 0 Å². The van der Waals surface area contributed by atoms with Gasteiger partial charge in [0.05, 0.1) is 0 Å². The number of amides is 1. The Hall–Kier alpha value is -1.63. The number of carbonyl (C=O) groups is 1. The third-order valence-corrected chi connectivity index (χ3v) is 4.78. The van der Waals surface area contributed by atoms with Gasteiger partial charge in [0.1, 0.15) is 5.69 Å². The first-order valence-electron chi connectivity index (χ1n) is 8.31. The van der Waals surface area contributed by atoms with Gasteiger partial charge < -0.3 is 10.3 Å². The standard InChI is InChI=1S/C18H23BrN4O/c19-16-12-17(21-13-16)18(24)20-6-7-22-8-10-23(11-9-22)14-15-4-2-1-3-5-15/h1-5,12-13,21H,6-11,14H2,(H,20,24). The maximum atomic E-state index is 12.0.